The number of aliphatic hydroxyl groups excluding tert-OH is 2. The molecule has 7 N–H and O–H groups in total. The second kappa shape index (κ2) is 5.86. The highest BCUT2D eigenvalue weighted by Crippen LogP contribution is 2.11. The summed E-state index contributed by atoms with van der Waals surface area (Å²) in [5.41, 5.74) is 4.56. The Balaban J connectivity index is 0.000000160. The Morgan fingerprint density at radius 2 is 2.10 bits per heavy atom. The third kappa shape index (κ3) is 3.04. The summed E-state index contributed by atoms with van der Waals surface area (Å²) in [6.07, 6.45) is -0.111. The van der Waals surface area contributed by atoms with Gasteiger partial charge in [0.05, 0.1) is 12.7 Å². The van der Waals surface area contributed by atoms with Gasteiger partial charge in [0.25, 0.3) is 5.56 Å². The zero-order chi connectivity index (χ0) is 14.7. The Bertz CT molecular complexity index is 689. The number of nitrogens with one attached hydrogen (secondary N) is 3. The molecule has 10 nitrogen and oxygen atoms in total. The Hall–Kier alpha value is -2.17. The van der Waals surface area contributed by atoms with Crippen molar-refractivity contribution in [2.24, 2.45) is 0 Å². The first-order chi connectivity index (χ1) is 9.51. The van der Waals surface area contributed by atoms with Crippen molar-refractivity contribution in [3.8, 4) is 0 Å². The molecule has 0 aliphatic carbocycles. The van der Waals surface area contributed by atoms with E-state index >= 15 is 0 Å². The van der Waals surface area contributed by atoms with Crippen LogP contribution in [0.5, 0.6) is 0 Å². The second-order valence-electron chi connectivity index (χ2n) is 4.20. The van der Waals surface area contributed by atoms with E-state index in [-0.39, 0.29) is 29.8 Å². The third-order valence-electron chi connectivity index (χ3n) is 2.76. The number of nitrogen functional groups attached to an aromatic ring is 1. The van der Waals surface area contributed by atoms with E-state index in [2.05, 4.69) is 19.9 Å². The Labute approximate surface area is 111 Å². The first-order valence-corrected chi connectivity index (χ1v) is 5.89. The van der Waals surface area contributed by atoms with E-state index in [1.165, 1.54) is 0 Å². The molecule has 0 saturated carbocycles. The van der Waals surface area contributed by atoms with Crippen molar-refractivity contribution < 1.29 is 14.9 Å². The van der Waals surface area contributed by atoms with E-state index in [4.69, 9.17) is 20.7 Å². The van der Waals surface area contributed by atoms with Crippen LogP contribution in [0.25, 0.3) is 11.2 Å². The average Bonchev–Trinajstić information content (AvgIpc) is 2.95. The lowest BCUT2D eigenvalue weighted by atomic mass is 10.2. The van der Waals surface area contributed by atoms with Gasteiger partial charge >= 0.3 is 5.69 Å². The van der Waals surface area contributed by atoms with Crippen LogP contribution in [0.15, 0.2) is 9.59 Å². The number of anilines is 1. The van der Waals surface area contributed by atoms with Crippen molar-refractivity contribution >= 4 is 17.1 Å². The zero-order valence-electron chi connectivity index (χ0n) is 10.4. The van der Waals surface area contributed by atoms with Crippen LogP contribution in [0.2, 0.25) is 0 Å². The third-order valence-corrected chi connectivity index (χ3v) is 2.76. The van der Waals surface area contributed by atoms with Gasteiger partial charge in [-0.25, -0.2) is 4.79 Å². The van der Waals surface area contributed by atoms with Crippen LogP contribution in [-0.4, -0.2) is 55.6 Å². The molecule has 2 atom stereocenters. The summed E-state index contributed by atoms with van der Waals surface area (Å²) in [5, 5.41) is 17.4. The summed E-state index contributed by atoms with van der Waals surface area (Å²) in [4.78, 5) is 32.3. The highest BCUT2D eigenvalue weighted by molar-refractivity contribution is 5.69. The maximum atomic E-state index is 11.0. The van der Waals surface area contributed by atoms with Gasteiger partial charge in [-0.15, -0.1) is 0 Å². The molecular weight excluding hydrogens is 270 g/mol. The number of hydrogen-bond donors (Lipinski definition) is 6. The van der Waals surface area contributed by atoms with E-state index in [1.54, 1.807) is 0 Å². The minimum absolute atomic E-state index is 0.0252. The molecule has 1 saturated heterocycles. The lowest BCUT2D eigenvalue weighted by Gasteiger charge is -2.07. The first kappa shape index (κ1) is 14.2. The molecule has 0 aromatic carbocycles. The number of rotatable bonds is 1. The van der Waals surface area contributed by atoms with Crippen molar-refractivity contribution in [1.82, 2.24) is 19.9 Å². The number of aromatic amines is 3. The monoisotopic (exact) mass is 285 g/mol. The van der Waals surface area contributed by atoms with Crippen molar-refractivity contribution in [2.75, 3.05) is 18.9 Å². The highest BCUT2D eigenvalue weighted by Gasteiger charge is 2.24. The molecule has 0 amide bonds. The summed E-state index contributed by atoms with van der Waals surface area (Å²) in [6, 6.07) is 0. The van der Waals surface area contributed by atoms with Gasteiger partial charge in [-0.05, 0) is 6.42 Å². The van der Waals surface area contributed by atoms with Crippen LogP contribution in [-0.2, 0) is 4.74 Å². The Morgan fingerprint density at radius 1 is 1.35 bits per heavy atom. The smallest absolute Gasteiger partial charge is 0.325 e. The fourth-order valence-corrected chi connectivity index (χ4v) is 1.76. The Morgan fingerprint density at radius 3 is 2.65 bits per heavy atom. The molecule has 110 valence electrons. The highest BCUT2D eigenvalue weighted by atomic mass is 16.5. The van der Waals surface area contributed by atoms with Crippen LogP contribution < -0.4 is 17.0 Å². The number of nitrogens with zero attached hydrogens (tertiary/aromatic N) is 1. The molecule has 20 heavy (non-hydrogen) atoms. The van der Waals surface area contributed by atoms with Gasteiger partial charge in [0.15, 0.2) is 11.2 Å². The van der Waals surface area contributed by atoms with Gasteiger partial charge in [0.2, 0.25) is 5.95 Å². The van der Waals surface area contributed by atoms with Gasteiger partial charge in [-0.2, -0.15) is 4.98 Å². The molecule has 2 aromatic rings. The molecule has 1 aliphatic heterocycles. The molecule has 3 rings (SSSR count). The lowest BCUT2D eigenvalue weighted by Crippen LogP contribution is -2.24. The fourth-order valence-electron chi connectivity index (χ4n) is 1.76. The topological polar surface area (TPSA) is 170 Å². The maximum absolute atomic E-state index is 11.0. The molecule has 10 heteroatoms. The summed E-state index contributed by atoms with van der Waals surface area (Å²) >= 11 is 0. The number of fused-ring (bicyclic) bond motifs is 1. The Kier molecular flexibility index (Phi) is 4.17. The van der Waals surface area contributed by atoms with Crippen molar-refractivity contribution in [2.45, 2.75) is 18.6 Å². The minimum atomic E-state index is -0.478. The van der Waals surface area contributed by atoms with Gasteiger partial charge in [-0.3, -0.25) is 19.7 Å². The standard InChI is InChI=1S/C5H5N5O2.C5H10O3/c6-4-8-2-1(3(11)10-4)7-5(12)9-2;6-3-5-4(7)1-2-8-5/h(H5,6,7,8,9,10,11,12);4-7H,1-3H2/t;4?,5-/m.1/s1. The largest absolute Gasteiger partial charge is 0.394 e. The van der Waals surface area contributed by atoms with Crippen LogP contribution in [0.3, 0.4) is 0 Å². The normalized spacial score (nSPS) is 21.7. The van der Waals surface area contributed by atoms with E-state index in [0.717, 1.165) is 0 Å². The molecule has 1 unspecified atom stereocenters. The van der Waals surface area contributed by atoms with Crippen molar-refractivity contribution in [3.05, 3.63) is 20.8 Å². The molecule has 0 radical (unpaired) electrons. The summed E-state index contributed by atoms with van der Waals surface area (Å²) in [7, 11) is 0. The number of H-pyrrole nitrogens is 3. The predicted molar refractivity (Wildman–Crippen MR) is 69.2 cm³/mol. The number of nitrogens with two attached hydrogens (primary N) is 1. The van der Waals surface area contributed by atoms with Gasteiger partial charge < -0.3 is 20.7 Å². The predicted octanol–water partition coefficient (Wildman–Crippen LogP) is -2.35. The fraction of sp³-hybridized carbons (Fsp3) is 0.500. The molecular formula is C10H15N5O5. The van der Waals surface area contributed by atoms with Crippen LogP contribution >= 0.6 is 0 Å². The molecule has 0 spiro atoms. The number of ether oxygens (including phenoxy) is 1. The van der Waals surface area contributed by atoms with Crippen LogP contribution in [0.1, 0.15) is 6.42 Å². The van der Waals surface area contributed by atoms with E-state index in [1.807, 2.05) is 0 Å². The molecule has 2 aromatic heterocycles. The van der Waals surface area contributed by atoms with Gasteiger partial charge in [0.1, 0.15) is 6.10 Å². The average molecular weight is 285 g/mol. The SMILES string of the molecule is Nc1nc2[nH]c(=O)[nH]c2c(=O)[nH]1.OC[C@H]1OCCC1O. The zero-order valence-corrected chi connectivity index (χ0v) is 10.4. The molecule has 1 fully saturated rings. The van der Waals surface area contributed by atoms with E-state index in [0.29, 0.717) is 13.0 Å². The second-order valence-corrected chi connectivity index (χ2v) is 4.20. The molecule has 3 heterocycles. The summed E-state index contributed by atoms with van der Waals surface area (Å²) in [6.45, 7) is 0.508. The maximum Gasteiger partial charge on any atom is 0.325 e. The quantitative estimate of drug-likeness (QED) is 0.340. The first-order valence-electron chi connectivity index (χ1n) is 5.89. The lowest BCUT2D eigenvalue weighted by molar-refractivity contribution is 0.00406. The number of aliphatic hydroxyl groups is 2. The minimum Gasteiger partial charge on any atom is -0.394 e. The number of hydrogen-bond acceptors (Lipinski definition) is 7. The van der Waals surface area contributed by atoms with E-state index < -0.39 is 17.4 Å². The van der Waals surface area contributed by atoms with E-state index in [9.17, 15) is 9.59 Å². The summed E-state index contributed by atoms with van der Waals surface area (Å²) < 4.78 is 4.91. The number of aromatic nitrogens is 4. The van der Waals surface area contributed by atoms with Gasteiger partial charge in [-0.1, -0.05) is 0 Å². The van der Waals surface area contributed by atoms with Crippen LogP contribution in [0.4, 0.5) is 5.95 Å². The molecule has 0 bridgehead atoms. The van der Waals surface area contributed by atoms with Crippen molar-refractivity contribution in [1.29, 1.82) is 0 Å². The molecule has 1 aliphatic rings. The summed E-state index contributed by atoms with van der Waals surface area (Å²) in [5.74, 6) is -0.0252. The van der Waals surface area contributed by atoms with Crippen LogP contribution in [0, 0.1) is 0 Å². The van der Waals surface area contributed by atoms with Gasteiger partial charge in [0, 0.05) is 6.61 Å². The number of imidazole rings is 1. The van der Waals surface area contributed by atoms with Crippen molar-refractivity contribution in [3.63, 3.8) is 0 Å².